The molecule has 0 heterocycles. The van der Waals surface area contributed by atoms with Gasteiger partial charge >= 0.3 is 0 Å². The second-order valence-electron chi connectivity index (χ2n) is 4.54. The molecular formula is C18H24O2. The van der Waals surface area contributed by atoms with Crippen LogP contribution in [0.5, 0.6) is 11.5 Å². The van der Waals surface area contributed by atoms with Gasteiger partial charge in [0.25, 0.3) is 0 Å². The van der Waals surface area contributed by atoms with E-state index in [0.29, 0.717) is 0 Å². The van der Waals surface area contributed by atoms with Gasteiger partial charge < -0.3 is 9.47 Å². The van der Waals surface area contributed by atoms with Crippen LogP contribution >= 0.6 is 0 Å². The molecule has 0 aromatic heterocycles. The molecule has 0 aliphatic carbocycles. The van der Waals surface area contributed by atoms with E-state index in [1.807, 2.05) is 31.2 Å². The first-order chi connectivity index (χ1) is 9.86. The summed E-state index contributed by atoms with van der Waals surface area (Å²) in [6, 6.07) is 7.58. The van der Waals surface area contributed by atoms with Crippen LogP contribution in [0, 0.1) is 11.8 Å². The predicted molar refractivity (Wildman–Crippen MR) is 83.9 cm³/mol. The first kappa shape index (κ1) is 16.2. The van der Waals surface area contributed by atoms with Crippen LogP contribution < -0.4 is 9.47 Å². The number of allylic oxidation sites excluding steroid dienone is 1. The van der Waals surface area contributed by atoms with Crippen molar-refractivity contribution < 1.29 is 9.47 Å². The van der Waals surface area contributed by atoms with Crippen molar-refractivity contribution in [2.45, 2.75) is 45.4 Å². The second-order valence-corrected chi connectivity index (χ2v) is 4.54. The van der Waals surface area contributed by atoms with Gasteiger partial charge in [-0.1, -0.05) is 12.8 Å². The van der Waals surface area contributed by atoms with E-state index in [4.69, 9.17) is 9.47 Å². The van der Waals surface area contributed by atoms with Gasteiger partial charge in [0.05, 0.1) is 13.4 Å². The highest BCUT2D eigenvalue weighted by Crippen LogP contribution is 2.17. The van der Waals surface area contributed by atoms with Crippen molar-refractivity contribution >= 4 is 0 Å². The summed E-state index contributed by atoms with van der Waals surface area (Å²) in [5, 5.41) is 0. The zero-order valence-electron chi connectivity index (χ0n) is 12.5. The summed E-state index contributed by atoms with van der Waals surface area (Å²) in [5.74, 6) is 7.69. The molecule has 0 aliphatic rings. The minimum absolute atomic E-state index is 0.834. The molecule has 0 atom stereocenters. The summed E-state index contributed by atoms with van der Waals surface area (Å²) in [5.41, 5.74) is 0. The van der Waals surface area contributed by atoms with Crippen LogP contribution in [0.25, 0.3) is 0 Å². The van der Waals surface area contributed by atoms with Gasteiger partial charge in [-0.25, -0.2) is 0 Å². The number of rotatable bonds is 9. The van der Waals surface area contributed by atoms with Crippen molar-refractivity contribution in [1.29, 1.82) is 0 Å². The van der Waals surface area contributed by atoms with E-state index in [2.05, 4.69) is 17.9 Å². The smallest absolute Gasteiger partial charge is 0.126 e. The van der Waals surface area contributed by atoms with E-state index in [0.717, 1.165) is 24.3 Å². The molecule has 2 heteroatoms. The Balaban J connectivity index is 2.05. The molecule has 0 N–H and O–H groups in total. The molecular weight excluding hydrogens is 248 g/mol. The lowest BCUT2D eigenvalue weighted by molar-refractivity contribution is 0.412. The van der Waals surface area contributed by atoms with Crippen molar-refractivity contribution in [3.8, 4) is 23.3 Å². The van der Waals surface area contributed by atoms with E-state index < -0.39 is 0 Å². The molecule has 0 fully saturated rings. The predicted octanol–water partition coefficient (Wildman–Crippen LogP) is 4.95. The second kappa shape index (κ2) is 11.0. The van der Waals surface area contributed by atoms with Crippen molar-refractivity contribution in [2.75, 3.05) is 7.11 Å². The van der Waals surface area contributed by atoms with Crippen LogP contribution in [0.1, 0.15) is 45.4 Å². The lowest BCUT2D eigenvalue weighted by Gasteiger charge is -2.02. The van der Waals surface area contributed by atoms with Gasteiger partial charge in [0.2, 0.25) is 0 Å². The fourth-order valence-electron chi connectivity index (χ4n) is 1.80. The molecule has 2 nitrogen and oxygen atoms in total. The van der Waals surface area contributed by atoms with Crippen LogP contribution in [0.15, 0.2) is 36.6 Å². The zero-order valence-corrected chi connectivity index (χ0v) is 12.5. The number of unbranched alkanes of at least 4 members (excludes halogenated alkanes) is 5. The van der Waals surface area contributed by atoms with Crippen LogP contribution in [0.4, 0.5) is 0 Å². The summed E-state index contributed by atoms with van der Waals surface area (Å²) >= 11 is 0. The van der Waals surface area contributed by atoms with Crippen LogP contribution in [-0.4, -0.2) is 7.11 Å². The molecule has 0 saturated carbocycles. The molecule has 0 saturated heterocycles. The van der Waals surface area contributed by atoms with E-state index in [9.17, 15) is 0 Å². The first-order valence-corrected chi connectivity index (χ1v) is 7.22. The topological polar surface area (TPSA) is 18.5 Å². The van der Waals surface area contributed by atoms with Gasteiger partial charge in [-0.05, 0) is 56.5 Å². The molecule has 108 valence electrons. The molecule has 0 spiro atoms. The van der Waals surface area contributed by atoms with Gasteiger partial charge in [0.1, 0.15) is 11.5 Å². The highest BCUT2D eigenvalue weighted by atomic mass is 16.5. The minimum Gasteiger partial charge on any atom is -0.497 e. The number of hydrogen-bond donors (Lipinski definition) is 0. The maximum absolute atomic E-state index is 5.51. The third-order valence-corrected chi connectivity index (χ3v) is 2.96. The Labute approximate surface area is 122 Å². The Hall–Kier alpha value is -1.88. The number of benzene rings is 1. The summed E-state index contributed by atoms with van der Waals surface area (Å²) < 4.78 is 10.6. The Kier molecular flexibility index (Phi) is 8.89. The third kappa shape index (κ3) is 7.53. The van der Waals surface area contributed by atoms with Crippen molar-refractivity contribution in [1.82, 2.24) is 0 Å². The minimum atomic E-state index is 0.834. The lowest BCUT2D eigenvalue weighted by atomic mass is 10.1. The number of hydrogen-bond acceptors (Lipinski definition) is 2. The quantitative estimate of drug-likeness (QED) is 0.360. The maximum Gasteiger partial charge on any atom is 0.126 e. The molecule has 0 bridgehead atoms. The first-order valence-electron chi connectivity index (χ1n) is 7.22. The molecule has 0 amide bonds. The Morgan fingerprint density at radius 3 is 2.40 bits per heavy atom. The Morgan fingerprint density at radius 2 is 1.70 bits per heavy atom. The monoisotopic (exact) mass is 272 g/mol. The van der Waals surface area contributed by atoms with Crippen molar-refractivity contribution in [3.05, 3.63) is 36.6 Å². The zero-order chi connectivity index (χ0) is 14.5. The highest BCUT2D eigenvalue weighted by molar-refractivity contribution is 5.31. The summed E-state index contributed by atoms with van der Waals surface area (Å²) in [4.78, 5) is 0. The molecule has 0 aliphatic heterocycles. The lowest BCUT2D eigenvalue weighted by Crippen LogP contribution is -1.84. The normalized spacial score (nSPS) is 10.1. The molecule has 0 unspecified atom stereocenters. The fourth-order valence-corrected chi connectivity index (χ4v) is 1.80. The van der Waals surface area contributed by atoms with Crippen molar-refractivity contribution in [2.24, 2.45) is 0 Å². The summed E-state index contributed by atoms with van der Waals surface area (Å²) in [6.07, 6.45) is 10.9. The van der Waals surface area contributed by atoms with Crippen LogP contribution in [-0.2, 0) is 0 Å². The van der Waals surface area contributed by atoms with E-state index >= 15 is 0 Å². The van der Waals surface area contributed by atoms with E-state index in [1.165, 1.54) is 25.7 Å². The van der Waals surface area contributed by atoms with Gasteiger partial charge in [0.15, 0.2) is 0 Å². The fraction of sp³-hybridized carbons (Fsp3) is 0.444. The van der Waals surface area contributed by atoms with Gasteiger partial charge in [-0.3, -0.25) is 0 Å². The highest BCUT2D eigenvalue weighted by Gasteiger charge is 1.92. The molecule has 0 radical (unpaired) electrons. The maximum atomic E-state index is 5.51. The SMILES string of the molecule is CC#CCCCCCC/C=C\Oc1ccc(OC)cc1. The van der Waals surface area contributed by atoms with Crippen LogP contribution in [0.2, 0.25) is 0 Å². The molecule has 1 rings (SSSR count). The average Bonchev–Trinajstić information content (AvgIpc) is 2.50. The largest absolute Gasteiger partial charge is 0.497 e. The average molecular weight is 272 g/mol. The Morgan fingerprint density at radius 1 is 1.00 bits per heavy atom. The van der Waals surface area contributed by atoms with Gasteiger partial charge in [0, 0.05) is 6.42 Å². The summed E-state index contributed by atoms with van der Waals surface area (Å²) in [6.45, 7) is 1.90. The summed E-state index contributed by atoms with van der Waals surface area (Å²) in [7, 11) is 1.66. The molecule has 20 heavy (non-hydrogen) atoms. The third-order valence-electron chi connectivity index (χ3n) is 2.96. The molecule has 1 aromatic carbocycles. The van der Waals surface area contributed by atoms with Crippen LogP contribution in [0.3, 0.4) is 0 Å². The van der Waals surface area contributed by atoms with E-state index in [-0.39, 0.29) is 0 Å². The molecule has 1 aromatic rings. The van der Waals surface area contributed by atoms with E-state index in [1.54, 1.807) is 13.4 Å². The number of ether oxygens (including phenoxy) is 2. The van der Waals surface area contributed by atoms with Gasteiger partial charge in [-0.15, -0.1) is 11.8 Å². The standard InChI is InChI=1S/C18H24O2/c1-3-4-5-6-7-8-9-10-11-16-20-18-14-12-17(19-2)13-15-18/h11-16H,5-10H2,1-2H3/b16-11-. The van der Waals surface area contributed by atoms with Crippen molar-refractivity contribution in [3.63, 3.8) is 0 Å². The van der Waals surface area contributed by atoms with Gasteiger partial charge in [-0.2, -0.15) is 0 Å². The number of methoxy groups -OCH3 is 1. The Bertz CT molecular complexity index is 435.